The van der Waals surface area contributed by atoms with Crippen LogP contribution in [0.25, 0.3) is 5.82 Å². The first-order chi connectivity index (χ1) is 7.56. The first-order valence-electron chi connectivity index (χ1n) is 4.60. The monoisotopic (exact) mass is 234 g/mol. The van der Waals surface area contributed by atoms with Gasteiger partial charge in [0.15, 0.2) is 5.82 Å². The van der Waals surface area contributed by atoms with Gasteiger partial charge in [0.1, 0.15) is 17.1 Å². The van der Waals surface area contributed by atoms with E-state index in [1.165, 1.54) is 11.0 Å². The lowest BCUT2D eigenvalue weighted by atomic mass is 10.4. The van der Waals surface area contributed by atoms with Crippen molar-refractivity contribution in [3.05, 3.63) is 29.7 Å². The number of aromatic nitrogens is 5. The van der Waals surface area contributed by atoms with E-state index in [-0.39, 0.29) is 4.99 Å². The Hall–Kier alpha value is -1.89. The molecule has 0 spiro atoms. The molecule has 0 aliphatic rings. The minimum atomic E-state index is 0.168. The van der Waals surface area contributed by atoms with Gasteiger partial charge >= 0.3 is 0 Å². The fourth-order valence-corrected chi connectivity index (χ4v) is 1.39. The van der Waals surface area contributed by atoms with Gasteiger partial charge in [0.05, 0.1) is 0 Å². The fraction of sp³-hybridized carbons (Fsp3) is 0.222. The van der Waals surface area contributed by atoms with Crippen LogP contribution in [0.2, 0.25) is 0 Å². The van der Waals surface area contributed by atoms with E-state index in [1.807, 2.05) is 19.9 Å². The van der Waals surface area contributed by atoms with Gasteiger partial charge in [0.2, 0.25) is 5.82 Å². The maximum Gasteiger partial charge on any atom is 0.208 e. The van der Waals surface area contributed by atoms with Crippen LogP contribution in [0, 0.1) is 13.8 Å². The van der Waals surface area contributed by atoms with Crippen molar-refractivity contribution < 1.29 is 0 Å². The maximum atomic E-state index is 5.43. The predicted molar refractivity (Wildman–Crippen MR) is 62.3 cm³/mol. The van der Waals surface area contributed by atoms with Gasteiger partial charge in [-0.1, -0.05) is 12.2 Å². The zero-order chi connectivity index (χ0) is 11.7. The van der Waals surface area contributed by atoms with E-state index < -0.39 is 0 Å². The second kappa shape index (κ2) is 3.93. The molecule has 0 saturated heterocycles. The summed E-state index contributed by atoms with van der Waals surface area (Å²) in [4.78, 5) is 12.6. The Morgan fingerprint density at radius 3 is 2.69 bits per heavy atom. The zero-order valence-corrected chi connectivity index (χ0v) is 9.69. The number of hydrogen-bond donors (Lipinski definition) is 1. The highest BCUT2D eigenvalue weighted by Crippen LogP contribution is 2.05. The third kappa shape index (κ3) is 2.03. The molecule has 2 aromatic heterocycles. The van der Waals surface area contributed by atoms with E-state index in [9.17, 15) is 0 Å². The van der Waals surface area contributed by atoms with Crippen LogP contribution in [-0.2, 0) is 0 Å². The SMILES string of the molecule is Cc1cc(-n2cnc(C(N)=S)n2)nc(C)n1. The second-order valence-electron chi connectivity index (χ2n) is 3.29. The molecule has 0 unspecified atom stereocenters. The molecule has 0 fully saturated rings. The summed E-state index contributed by atoms with van der Waals surface area (Å²) in [5, 5.41) is 4.11. The van der Waals surface area contributed by atoms with Crippen molar-refractivity contribution in [1.82, 2.24) is 24.7 Å². The Bertz CT molecular complexity index is 526. The summed E-state index contributed by atoms with van der Waals surface area (Å²) >= 11 is 4.78. The summed E-state index contributed by atoms with van der Waals surface area (Å²) < 4.78 is 1.52. The van der Waals surface area contributed by atoms with Gasteiger partial charge in [-0.25, -0.2) is 19.6 Å². The largest absolute Gasteiger partial charge is 0.387 e. The van der Waals surface area contributed by atoms with E-state index in [2.05, 4.69) is 20.1 Å². The lowest BCUT2D eigenvalue weighted by Gasteiger charge is -2.01. The van der Waals surface area contributed by atoms with Crippen LogP contribution in [0.1, 0.15) is 17.3 Å². The topological polar surface area (TPSA) is 82.5 Å². The quantitative estimate of drug-likeness (QED) is 0.753. The highest BCUT2D eigenvalue weighted by atomic mass is 32.1. The average molecular weight is 234 g/mol. The van der Waals surface area contributed by atoms with Crippen molar-refractivity contribution in [1.29, 1.82) is 0 Å². The summed E-state index contributed by atoms with van der Waals surface area (Å²) in [6, 6.07) is 1.81. The molecule has 6 nitrogen and oxygen atoms in total. The van der Waals surface area contributed by atoms with E-state index in [0.717, 1.165) is 5.69 Å². The lowest BCUT2D eigenvalue weighted by molar-refractivity contribution is 0.818. The number of rotatable bonds is 2. The number of nitrogens with zero attached hydrogens (tertiary/aromatic N) is 5. The fourth-order valence-electron chi connectivity index (χ4n) is 1.30. The molecule has 0 aromatic carbocycles. The van der Waals surface area contributed by atoms with Gasteiger partial charge in [0.25, 0.3) is 0 Å². The van der Waals surface area contributed by atoms with Crippen LogP contribution >= 0.6 is 12.2 Å². The van der Waals surface area contributed by atoms with Crippen molar-refractivity contribution in [2.24, 2.45) is 5.73 Å². The zero-order valence-electron chi connectivity index (χ0n) is 8.88. The van der Waals surface area contributed by atoms with Crippen LogP contribution in [-0.4, -0.2) is 29.7 Å². The number of aryl methyl sites for hydroxylation is 2. The summed E-state index contributed by atoms with van der Waals surface area (Å²) in [5.74, 6) is 1.67. The van der Waals surface area contributed by atoms with Crippen LogP contribution in [0.4, 0.5) is 0 Å². The van der Waals surface area contributed by atoms with Crippen molar-refractivity contribution in [3.8, 4) is 5.82 Å². The molecule has 0 aliphatic carbocycles. The van der Waals surface area contributed by atoms with Gasteiger partial charge in [-0.05, 0) is 13.8 Å². The Morgan fingerprint density at radius 1 is 1.38 bits per heavy atom. The van der Waals surface area contributed by atoms with Gasteiger partial charge in [-0.15, -0.1) is 5.10 Å². The predicted octanol–water partition coefficient (Wildman–Crippen LogP) is 0.308. The highest BCUT2D eigenvalue weighted by Gasteiger charge is 2.06. The molecule has 0 radical (unpaired) electrons. The standard InChI is InChI=1S/C9H10N6S/c1-5-3-7(13-6(2)12-5)15-4-11-9(14-15)8(10)16/h3-4H,1-2H3,(H2,10,16). The Morgan fingerprint density at radius 2 is 2.12 bits per heavy atom. The van der Waals surface area contributed by atoms with Gasteiger partial charge in [0, 0.05) is 11.8 Å². The minimum Gasteiger partial charge on any atom is -0.387 e. The molecule has 0 aliphatic heterocycles. The second-order valence-corrected chi connectivity index (χ2v) is 3.73. The normalized spacial score (nSPS) is 10.4. The van der Waals surface area contributed by atoms with E-state index >= 15 is 0 Å². The van der Waals surface area contributed by atoms with Crippen molar-refractivity contribution >= 4 is 17.2 Å². The molecule has 7 heteroatoms. The third-order valence-electron chi connectivity index (χ3n) is 1.90. The van der Waals surface area contributed by atoms with Crippen LogP contribution in [0.5, 0.6) is 0 Å². The Kier molecular flexibility index (Phi) is 2.61. The third-order valence-corrected chi connectivity index (χ3v) is 2.08. The number of nitrogens with two attached hydrogens (primary N) is 1. The molecule has 2 aromatic rings. The molecular weight excluding hydrogens is 224 g/mol. The molecule has 2 heterocycles. The summed E-state index contributed by atoms with van der Waals surface area (Å²) in [6.07, 6.45) is 1.52. The molecule has 0 amide bonds. The summed E-state index contributed by atoms with van der Waals surface area (Å²) in [6.45, 7) is 3.71. The maximum absolute atomic E-state index is 5.43. The minimum absolute atomic E-state index is 0.168. The summed E-state index contributed by atoms with van der Waals surface area (Å²) in [7, 11) is 0. The molecule has 2 N–H and O–H groups in total. The van der Waals surface area contributed by atoms with E-state index in [1.54, 1.807) is 0 Å². The first kappa shape index (κ1) is 10.6. The van der Waals surface area contributed by atoms with E-state index in [0.29, 0.717) is 17.5 Å². The molecule has 0 atom stereocenters. The van der Waals surface area contributed by atoms with Gasteiger partial charge in [-0.3, -0.25) is 0 Å². The average Bonchev–Trinajstić information content (AvgIpc) is 2.64. The molecule has 82 valence electrons. The van der Waals surface area contributed by atoms with Crippen molar-refractivity contribution in [2.75, 3.05) is 0 Å². The van der Waals surface area contributed by atoms with Crippen LogP contribution in [0.15, 0.2) is 12.4 Å². The number of thiocarbonyl (C=S) groups is 1. The number of hydrogen-bond acceptors (Lipinski definition) is 5. The molecular formula is C9H10N6S. The van der Waals surface area contributed by atoms with Crippen LogP contribution < -0.4 is 5.73 Å². The smallest absolute Gasteiger partial charge is 0.208 e. The first-order valence-corrected chi connectivity index (χ1v) is 5.01. The van der Waals surface area contributed by atoms with Crippen molar-refractivity contribution in [3.63, 3.8) is 0 Å². The molecule has 2 rings (SSSR count). The van der Waals surface area contributed by atoms with Gasteiger partial charge in [-0.2, -0.15) is 0 Å². The van der Waals surface area contributed by atoms with Crippen LogP contribution in [0.3, 0.4) is 0 Å². The molecule has 16 heavy (non-hydrogen) atoms. The highest BCUT2D eigenvalue weighted by molar-refractivity contribution is 7.80. The van der Waals surface area contributed by atoms with Gasteiger partial charge < -0.3 is 5.73 Å². The molecule has 0 saturated carbocycles. The lowest BCUT2D eigenvalue weighted by Crippen LogP contribution is -2.12. The summed E-state index contributed by atoms with van der Waals surface area (Å²) in [5.41, 5.74) is 6.30. The van der Waals surface area contributed by atoms with Crippen molar-refractivity contribution in [2.45, 2.75) is 13.8 Å². The Balaban J connectivity index is 2.46. The Labute approximate surface area is 97.5 Å². The van der Waals surface area contributed by atoms with E-state index in [4.69, 9.17) is 18.0 Å². The molecule has 0 bridgehead atoms.